The summed E-state index contributed by atoms with van der Waals surface area (Å²) in [5, 5.41) is 0. The van der Waals surface area contributed by atoms with Crippen LogP contribution in [0, 0.1) is 5.92 Å². The van der Waals surface area contributed by atoms with Crippen LogP contribution in [0.1, 0.15) is 33.1 Å². The Labute approximate surface area is 75.9 Å². The fraction of sp³-hybridized carbons (Fsp3) is 0.545. The number of aliphatic imine (C=N–C) groups is 1. The number of rotatable bonds is 6. The quantitative estimate of drug-likeness (QED) is 0.421. The van der Waals surface area contributed by atoms with Crippen LogP contribution < -0.4 is 0 Å². The molecule has 0 radical (unpaired) electrons. The minimum atomic E-state index is 0.820. The van der Waals surface area contributed by atoms with Crippen molar-refractivity contribution in [3.63, 3.8) is 0 Å². The van der Waals surface area contributed by atoms with Gasteiger partial charge in [-0.15, -0.1) is 0 Å². The minimum absolute atomic E-state index is 0.820. The van der Waals surface area contributed by atoms with E-state index in [-0.39, 0.29) is 0 Å². The van der Waals surface area contributed by atoms with E-state index in [1.807, 2.05) is 6.08 Å². The summed E-state index contributed by atoms with van der Waals surface area (Å²) in [4.78, 5) is 3.86. The first-order valence-corrected chi connectivity index (χ1v) is 4.56. The Kier molecular flexibility index (Phi) is 7.66. The van der Waals surface area contributed by atoms with Crippen molar-refractivity contribution in [3.8, 4) is 0 Å². The average molecular weight is 165 g/mol. The second kappa shape index (κ2) is 8.25. The summed E-state index contributed by atoms with van der Waals surface area (Å²) in [7, 11) is 0. The molecular formula is C11H19N. The van der Waals surface area contributed by atoms with Gasteiger partial charge in [0, 0.05) is 12.4 Å². The molecule has 68 valence electrons. The van der Waals surface area contributed by atoms with Crippen molar-refractivity contribution in [3.05, 3.63) is 24.9 Å². The van der Waals surface area contributed by atoms with Crippen molar-refractivity contribution in [2.75, 3.05) is 0 Å². The summed E-state index contributed by atoms with van der Waals surface area (Å²) >= 11 is 0. The summed E-state index contributed by atoms with van der Waals surface area (Å²) in [5.74, 6) is 0.820. The highest BCUT2D eigenvalue weighted by molar-refractivity contribution is 5.71. The zero-order valence-electron chi connectivity index (χ0n) is 8.16. The maximum absolute atomic E-state index is 3.86. The Hall–Kier alpha value is -0.850. The van der Waals surface area contributed by atoms with Crippen LogP contribution in [0.2, 0.25) is 0 Å². The molecule has 1 nitrogen and oxygen atoms in total. The Bertz CT molecular complexity index is 154. The van der Waals surface area contributed by atoms with E-state index < -0.39 is 0 Å². The fourth-order valence-electron chi connectivity index (χ4n) is 0.912. The molecule has 0 fully saturated rings. The van der Waals surface area contributed by atoms with Gasteiger partial charge in [-0.3, -0.25) is 4.99 Å². The van der Waals surface area contributed by atoms with Crippen LogP contribution in [0.3, 0.4) is 0 Å². The number of allylic oxidation sites excluding steroid dienone is 2. The Morgan fingerprint density at radius 3 is 2.75 bits per heavy atom. The van der Waals surface area contributed by atoms with Crippen LogP contribution >= 0.6 is 0 Å². The largest absolute Gasteiger partial charge is 0.265 e. The van der Waals surface area contributed by atoms with E-state index in [0.717, 1.165) is 12.3 Å². The minimum Gasteiger partial charge on any atom is -0.265 e. The molecule has 0 aliphatic rings. The first-order chi connectivity index (χ1) is 5.77. The van der Waals surface area contributed by atoms with Crippen molar-refractivity contribution in [2.45, 2.75) is 33.1 Å². The highest BCUT2D eigenvalue weighted by atomic mass is 14.6. The molecule has 0 unspecified atom stereocenters. The summed E-state index contributed by atoms with van der Waals surface area (Å²) in [5.41, 5.74) is 0. The van der Waals surface area contributed by atoms with E-state index in [4.69, 9.17) is 0 Å². The van der Waals surface area contributed by atoms with Gasteiger partial charge in [0.25, 0.3) is 0 Å². The van der Waals surface area contributed by atoms with Crippen LogP contribution in [0.4, 0.5) is 0 Å². The maximum Gasteiger partial charge on any atom is 0.0264 e. The monoisotopic (exact) mass is 165 g/mol. The lowest BCUT2D eigenvalue weighted by Gasteiger charge is -1.99. The summed E-state index contributed by atoms with van der Waals surface area (Å²) in [6.45, 7) is 7.99. The molecule has 0 aromatic rings. The van der Waals surface area contributed by atoms with Gasteiger partial charge in [-0.2, -0.15) is 0 Å². The molecule has 0 bridgehead atoms. The third-order valence-corrected chi connectivity index (χ3v) is 1.57. The molecule has 12 heavy (non-hydrogen) atoms. The van der Waals surface area contributed by atoms with E-state index in [9.17, 15) is 0 Å². The molecule has 0 atom stereocenters. The molecular weight excluding hydrogens is 146 g/mol. The van der Waals surface area contributed by atoms with Crippen LogP contribution in [0.25, 0.3) is 0 Å². The lowest BCUT2D eigenvalue weighted by Crippen LogP contribution is -1.84. The molecule has 0 heterocycles. The second-order valence-corrected chi connectivity index (χ2v) is 3.23. The van der Waals surface area contributed by atoms with Crippen LogP contribution in [-0.2, 0) is 0 Å². The first kappa shape index (κ1) is 11.2. The molecule has 0 amide bonds. The van der Waals surface area contributed by atoms with Crippen molar-refractivity contribution in [1.29, 1.82) is 0 Å². The topological polar surface area (TPSA) is 12.4 Å². The van der Waals surface area contributed by atoms with Crippen LogP contribution in [-0.4, -0.2) is 6.21 Å². The maximum atomic E-state index is 3.86. The van der Waals surface area contributed by atoms with Gasteiger partial charge in [-0.05, 0) is 24.8 Å². The number of hydrogen-bond donors (Lipinski definition) is 0. The Balaban J connectivity index is 3.24. The Morgan fingerprint density at radius 1 is 1.42 bits per heavy atom. The molecule has 0 aromatic carbocycles. The predicted octanol–water partition coefficient (Wildman–Crippen LogP) is 3.58. The molecule has 0 aromatic heterocycles. The van der Waals surface area contributed by atoms with Gasteiger partial charge in [0.1, 0.15) is 0 Å². The van der Waals surface area contributed by atoms with Crippen molar-refractivity contribution >= 4 is 6.21 Å². The van der Waals surface area contributed by atoms with Crippen LogP contribution in [0.5, 0.6) is 0 Å². The first-order valence-electron chi connectivity index (χ1n) is 4.56. The normalized spacial score (nSPS) is 11.9. The lowest BCUT2D eigenvalue weighted by molar-refractivity contribution is 0.560. The molecule has 0 spiro atoms. The predicted molar refractivity (Wildman–Crippen MR) is 56.5 cm³/mol. The zero-order valence-corrected chi connectivity index (χ0v) is 8.16. The number of unbranched alkanes of at least 4 members (excludes halogenated alkanes) is 1. The Morgan fingerprint density at radius 2 is 2.17 bits per heavy atom. The van der Waals surface area contributed by atoms with Gasteiger partial charge in [0.05, 0.1) is 0 Å². The molecule has 0 aliphatic heterocycles. The highest BCUT2D eigenvalue weighted by Crippen LogP contribution is 2.05. The summed E-state index contributed by atoms with van der Waals surface area (Å²) in [6, 6.07) is 0. The van der Waals surface area contributed by atoms with Gasteiger partial charge in [-0.1, -0.05) is 32.9 Å². The molecule has 1 heteroatoms. The fourth-order valence-corrected chi connectivity index (χ4v) is 0.912. The molecule has 0 N–H and O–H groups in total. The molecule has 0 saturated carbocycles. The van der Waals surface area contributed by atoms with Gasteiger partial charge < -0.3 is 0 Å². The summed E-state index contributed by atoms with van der Waals surface area (Å²) < 4.78 is 0. The molecule has 0 aliphatic carbocycles. The molecule has 0 rings (SSSR count). The summed E-state index contributed by atoms with van der Waals surface area (Å²) in [6.07, 6.45) is 11.2. The van der Waals surface area contributed by atoms with Crippen LogP contribution in [0.15, 0.2) is 29.9 Å². The highest BCUT2D eigenvalue weighted by Gasteiger charge is 1.90. The van der Waals surface area contributed by atoms with E-state index >= 15 is 0 Å². The van der Waals surface area contributed by atoms with Crippen molar-refractivity contribution < 1.29 is 0 Å². The van der Waals surface area contributed by atoms with Gasteiger partial charge >= 0.3 is 0 Å². The third kappa shape index (κ3) is 9.15. The van der Waals surface area contributed by atoms with E-state index in [1.54, 1.807) is 12.4 Å². The van der Waals surface area contributed by atoms with Crippen molar-refractivity contribution in [2.24, 2.45) is 10.9 Å². The number of hydrogen-bond acceptors (Lipinski definition) is 1. The van der Waals surface area contributed by atoms with Gasteiger partial charge in [0.2, 0.25) is 0 Å². The lowest BCUT2D eigenvalue weighted by atomic mass is 10.1. The van der Waals surface area contributed by atoms with E-state index in [0.29, 0.717) is 0 Å². The van der Waals surface area contributed by atoms with Crippen molar-refractivity contribution in [1.82, 2.24) is 0 Å². The standard InChI is InChI=1S/C11H19N/c1-4-12-10-8-6-5-7-9-11(2)3/h4,6,8,10-11H,1,5,7,9H2,2-3H3/b8-6-,12-10?. The average Bonchev–Trinajstić information content (AvgIpc) is 2.02. The number of nitrogens with zero attached hydrogens (tertiary/aromatic N) is 1. The SMILES string of the molecule is C=CN=C/C=C\CCCC(C)C. The second-order valence-electron chi connectivity index (χ2n) is 3.23. The van der Waals surface area contributed by atoms with Gasteiger partial charge in [-0.25, -0.2) is 0 Å². The van der Waals surface area contributed by atoms with Gasteiger partial charge in [0.15, 0.2) is 0 Å². The molecule has 0 saturated heterocycles. The van der Waals surface area contributed by atoms with E-state index in [2.05, 4.69) is 31.5 Å². The zero-order chi connectivity index (χ0) is 9.23. The smallest absolute Gasteiger partial charge is 0.0264 e. The van der Waals surface area contributed by atoms with E-state index in [1.165, 1.54) is 12.8 Å². The third-order valence-electron chi connectivity index (χ3n) is 1.57.